The van der Waals surface area contributed by atoms with Gasteiger partial charge in [-0.25, -0.2) is 0 Å². The number of carbonyl (C=O) groups excluding carboxylic acids is 1. The highest BCUT2D eigenvalue weighted by atomic mass is 127. The molecule has 0 saturated heterocycles. The van der Waals surface area contributed by atoms with Gasteiger partial charge in [0.1, 0.15) is 0 Å². The minimum atomic E-state index is -0.136. The summed E-state index contributed by atoms with van der Waals surface area (Å²) < 4.78 is 16.0. The Balaban J connectivity index is 0.00000841. The molecule has 0 spiro atoms. The third-order valence-electron chi connectivity index (χ3n) is 4.47. The van der Waals surface area contributed by atoms with Gasteiger partial charge in [-0.15, -0.1) is 24.0 Å². The fraction of sp³-hybridized carbons (Fsp3) is 0.636. The summed E-state index contributed by atoms with van der Waals surface area (Å²) in [6.45, 7) is 8.04. The van der Waals surface area contributed by atoms with Crippen LogP contribution in [0.1, 0.15) is 64.5 Å². The van der Waals surface area contributed by atoms with E-state index in [9.17, 15) is 4.79 Å². The molecule has 8 heteroatoms. The van der Waals surface area contributed by atoms with Crippen LogP contribution in [-0.4, -0.2) is 45.8 Å². The summed E-state index contributed by atoms with van der Waals surface area (Å²) in [6, 6.07) is 6.07. The maximum atomic E-state index is 11.1. The van der Waals surface area contributed by atoms with Crippen LogP contribution in [0.4, 0.5) is 0 Å². The number of nitrogens with zero attached hydrogens (tertiary/aromatic N) is 1. The van der Waals surface area contributed by atoms with Crippen molar-refractivity contribution in [1.82, 2.24) is 10.6 Å². The Labute approximate surface area is 198 Å². The number of esters is 1. The van der Waals surface area contributed by atoms with E-state index in [0.717, 1.165) is 55.3 Å². The van der Waals surface area contributed by atoms with Crippen molar-refractivity contribution in [1.29, 1.82) is 0 Å². The van der Waals surface area contributed by atoms with E-state index in [0.29, 0.717) is 19.6 Å². The molecule has 7 nitrogen and oxygen atoms in total. The van der Waals surface area contributed by atoms with Crippen LogP contribution in [0.5, 0.6) is 11.5 Å². The highest BCUT2D eigenvalue weighted by molar-refractivity contribution is 14.0. The minimum Gasteiger partial charge on any atom is -0.490 e. The lowest BCUT2D eigenvalue weighted by Gasteiger charge is -2.20. The van der Waals surface area contributed by atoms with E-state index < -0.39 is 0 Å². The average Bonchev–Trinajstić information content (AvgIpc) is 2.73. The number of halogens is 1. The van der Waals surface area contributed by atoms with Crippen molar-refractivity contribution in [3.8, 4) is 11.5 Å². The Morgan fingerprint density at radius 1 is 1.07 bits per heavy atom. The van der Waals surface area contributed by atoms with Crippen molar-refractivity contribution in [2.45, 2.75) is 58.9 Å². The zero-order valence-corrected chi connectivity index (χ0v) is 21.3. The van der Waals surface area contributed by atoms with Crippen LogP contribution >= 0.6 is 24.0 Å². The van der Waals surface area contributed by atoms with Gasteiger partial charge < -0.3 is 24.8 Å². The molecule has 0 fully saturated rings. The monoisotopic (exact) mass is 535 g/mol. The van der Waals surface area contributed by atoms with Gasteiger partial charge in [0.05, 0.1) is 26.4 Å². The van der Waals surface area contributed by atoms with Gasteiger partial charge in [0.25, 0.3) is 0 Å². The first-order chi connectivity index (χ1) is 14.0. The van der Waals surface area contributed by atoms with Crippen molar-refractivity contribution in [2.75, 3.05) is 33.9 Å². The van der Waals surface area contributed by atoms with E-state index in [4.69, 9.17) is 9.47 Å². The van der Waals surface area contributed by atoms with Crippen LogP contribution in [0, 0.1) is 0 Å². The Hall–Kier alpha value is -1.71. The molecule has 30 heavy (non-hydrogen) atoms. The predicted octanol–water partition coefficient (Wildman–Crippen LogP) is 4.45. The van der Waals surface area contributed by atoms with Gasteiger partial charge in [0, 0.05) is 20.0 Å². The smallest absolute Gasteiger partial charge is 0.305 e. The van der Waals surface area contributed by atoms with Gasteiger partial charge in [-0.2, -0.15) is 0 Å². The number of carbonyl (C=O) groups is 1. The molecule has 0 aromatic heterocycles. The number of nitrogens with one attached hydrogen (secondary N) is 2. The number of methoxy groups -OCH3 is 1. The Morgan fingerprint density at radius 2 is 1.73 bits per heavy atom. The Bertz CT molecular complexity index is 641. The summed E-state index contributed by atoms with van der Waals surface area (Å²) in [4.78, 5) is 15.4. The molecule has 0 aliphatic heterocycles. The first-order valence-corrected chi connectivity index (χ1v) is 10.5. The highest BCUT2D eigenvalue weighted by Crippen LogP contribution is 2.30. The molecule has 1 atom stereocenters. The Kier molecular flexibility index (Phi) is 16.0. The molecule has 0 bridgehead atoms. The molecule has 1 aromatic rings. The first-order valence-electron chi connectivity index (χ1n) is 10.5. The van der Waals surface area contributed by atoms with Crippen LogP contribution in [0.2, 0.25) is 0 Å². The van der Waals surface area contributed by atoms with E-state index in [1.54, 1.807) is 7.05 Å². The molecule has 0 saturated carbocycles. The van der Waals surface area contributed by atoms with Crippen molar-refractivity contribution in [2.24, 2.45) is 4.99 Å². The number of unbranched alkanes of at least 4 members (excludes halogenated alkanes) is 3. The summed E-state index contributed by atoms with van der Waals surface area (Å²) in [5.74, 6) is 2.15. The molecule has 1 rings (SSSR count). The lowest BCUT2D eigenvalue weighted by atomic mass is 10.1. The van der Waals surface area contributed by atoms with Crippen molar-refractivity contribution in [3.05, 3.63) is 23.8 Å². The zero-order chi connectivity index (χ0) is 21.5. The van der Waals surface area contributed by atoms with Crippen molar-refractivity contribution < 1.29 is 19.0 Å². The molecular weight excluding hydrogens is 497 g/mol. The fourth-order valence-electron chi connectivity index (χ4n) is 2.88. The van der Waals surface area contributed by atoms with Gasteiger partial charge in [0.2, 0.25) is 0 Å². The van der Waals surface area contributed by atoms with Gasteiger partial charge in [-0.05, 0) is 51.3 Å². The Morgan fingerprint density at radius 3 is 2.37 bits per heavy atom. The SMILES string of the molecule is CCOc1ccc(C(C)NC(=NC)NCCCCCCC(=O)OC)cc1OCC.I. The molecule has 2 N–H and O–H groups in total. The van der Waals surface area contributed by atoms with Crippen LogP contribution in [0.15, 0.2) is 23.2 Å². The summed E-state index contributed by atoms with van der Waals surface area (Å²) in [5, 5.41) is 6.75. The number of hydrogen-bond donors (Lipinski definition) is 2. The number of ether oxygens (including phenoxy) is 3. The number of benzene rings is 1. The quantitative estimate of drug-likeness (QED) is 0.128. The van der Waals surface area contributed by atoms with Crippen LogP contribution in [0.25, 0.3) is 0 Å². The van der Waals surface area contributed by atoms with Crippen LogP contribution in [0.3, 0.4) is 0 Å². The normalized spacial score (nSPS) is 11.8. The third-order valence-corrected chi connectivity index (χ3v) is 4.47. The van der Waals surface area contributed by atoms with E-state index >= 15 is 0 Å². The van der Waals surface area contributed by atoms with Gasteiger partial charge in [0.15, 0.2) is 17.5 Å². The van der Waals surface area contributed by atoms with Crippen LogP contribution < -0.4 is 20.1 Å². The van der Waals surface area contributed by atoms with Crippen molar-refractivity contribution in [3.63, 3.8) is 0 Å². The second kappa shape index (κ2) is 17.0. The minimum absolute atomic E-state index is 0. The molecule has 0 aliphatic carbocycles. The molecule has 172 valence electrons. The first kappa shape index (κ1) is 28.3. The molecule has 0 amide bonds. The second-order valence-corrected chi connectivity index (χ2v) is 6.68. The van der Waals surface area contributed by atoms with Crippen LogP contribution in [-0.2, 0) is 9.53 Å². The molecule has 0 aliphatic rings. The summed E-state index contributed by atoms with van der Waals surface area (Å²) in [7, 11) is 3.19. The highest BCUT2D eigenvalue weighted by Gasteiger charge is 2.12. The largest absolute Gasteiger partial charge is 0.490 e. The van der Waals surface area contributed by atoms with E-state index in [2.05, 4.69) is 27.3 Å². The predicted molar refractivity (Wildman–Crippen MR) is 132 cm³/mol. The maximum absolute atomic E-state index is 11.1. The lowest BCUT2D eigenvalue weighted by molar-refractivity contribution is -0.140. The third kappa shape index (κ3) is 10.9. The maximum Gasteiger partial charge on any atom is 0.305 e. The van der Waals surface area contributed by atoms with Crippen molar-refractivity contribution >= 4 is 35.9 Å². The zero-order valence-electron chi connectivity index (χ0n) is 19.0. The molecule has 1 unspecified atom stereocenters. The van der Waals surface area contributed by atoms with Gasteiger partial charge in [-0.1, -0.05) is 18.9 Å². The fourth-order valence-corrected chi connectivity index (χ4v) is 2.88. The number of rotatable bonds is 13. The summed E-state index contributed by atoms with van der Waals surface area (Å²) in [5.41, 5.74) is 1.10. The number of hydrogen-bond acceptors (Lipinski definition) is 5. The standard InChI is InChI=1S/C22H37N3O4.HI/c1-6-28-19-14-13-18(16-20(19)29-7-2)17(3)25-22(23-4)24-15-11-9-8-10-12-21(26)27-5;/h13-14,16-17H,6-12,15H2,1-5H3,(H2,23,24,25);1H. The molecule has 0 radical (unpaired) electrons. The van der Waals surface area contributed by atoms with Gasteiger partial charge >= 0.3 is 5.97 Å². The molecule has 0 heterocycles. The average molecular weight is 535 g/mol. The summed E-state index contributed by atoms with van der Waals surface area (Å²) in [6.07, 6.45) is 4.47. The van der Waals surface area contributed by atoms with E-state index in [1.807, 2.05) is 32.0 Å². The van der Waals surface area contributed by atoms with E-state index in [-0.39, 0.29) is 36.0 Å². The molecular formula is C22H38IN3O4. The molecule has 1 aromatic carbocycles. The summed E-state index contributed by atoms with van der Waals surface area (Å²) >= 11 is 0. The van der Waals surface area contributed by atoms with Gasteiger partial charge in [-0.3, -0.25) is 9.79 Å². The number of guanidine groups is 1. The second-order valence-electron chi connectivity index (χ2n) is 6.68. The van der Waals surface area contributed by atoms with E-state index in [1.165, 1.54) is 7.11 Å². The topological polar surface area (TPSA) is 81.2 Å². The number of aliphatic imine (C=N–C) groups is 1. The lowest BCUT2D eigenvalue weighted by Crippen LogP contribution is -2.39.